The van der Waals surface area contributed by atoms with Gasteiger partial charge in [-0.2, -0.15) is 13.2 Å². The molecule has 0 aliphatic carbocycles. The molecule has 2 rings (SSSR count). The highest BCUT2D eigenvalue weighted by Crippen LogP contribution is 2.58. The van der Waals surface area contributed by atoms with Gasteiger partial charge < -0.3 is 18.5 Å². The first kappa shape index (κ1) is 24.9. The van der Waals surface area contributed by atoms with Crippen molar-refractivity contribution >= 4 is 13.4 Å². The topological polar surface area (TPSA) is 97.1 Å². The van der Waals surface area contributed by atoms with E-state index in [1.807, 2.05) is 0 Å². The van der Waals surface area contributed by atoms with Gasteiger partial charge in [-0.1, -0.05) is 0 Å². The van der Waals surface area contributed by atoms with E-state index in [4.69, 9.17) is 24.3 Å². The molecule has 0 saturated heterocycles. The van der Waals surface area contributed by atoms with Crippen LogP contribution in [-0.4, -0.2) is 24.5 Å². The Labute approximate surface area is 177 Å². The highest BCUT2D eigenvalue weighted by molar-refractivity contribution is 7.56. The number of ether oxygens (including phenoxy) is 2. The van der Waals surface area contributed by atoms with Crippen LogP contribution in [-0.2, 0) is 24.6 Å². The molecule has 0 saturated carbocycles. The Morgan fingerprint density at radius 3 is 1.71 bits per heavy atom. The van der Waals surface area contributed by atoms with Crippen LogP contribution in [0.25, 0.3) is 0 Å². The molecule has 11 heteroatoms. The zero-order valence-corrected chi connectivity index (χ0v) is 18.0. The van der Waals surface area contributed by atoms with Crippen molar-refractivity contribution in [2.75, 3.05) is 13.2 Å². The first-order chi connectivity index (χ1) is 14.4. The maximum absolute atomic E-state index is 13.1. The third-order valence-corrected chi connectivity index (χ3v) is 6.44. The van der Waals surface area contributed by atoms with Crippen LogP contribution in [0.1, 0.15) is 26.3 Å². The van der Waals surface area contributed by atoms with Gasteiger partial charge in [0.05, 0.1) is 18.8 Å². The second-order valence-corrected chi connectivity index (χ2v) is 8.46. The highest BCUT2D eigenvalue weighted by Gasteiger charge is 2.55. The minimum absolute atomic E-state index is 0.0211. The molecule has 31 heavy (non-hydrogen) atoms. The summed E-state index contributed by atoms with van der Waals surface area (Å²) in [5, 5.41) is 0. The van der Waals surface area contributed by atoms with Crippen LogP contribution in [0.3, 0.4) is 0 Å². The molecule has 2 aromatic rings. The Hall–Kier alpha value is -2.39. The number of hydrogen-bond acceptors (Lipinski definition) is 7. The van der Waals surface area contributed by atoms with Crippen molar-refractivity contribution in [2.24, 2.45) is 5.73 Å². The fraction of sp³-hybridized carbons (Fsp3) is 0.350. The predicted octanol–water partition coefficient (Wildman–Crippen LogP) is 5.34. The summed E-state index contributed by atoms with van der Waals surface area (Å²) < 4.78 is 72.3. The molecule has 0 radical (unpaired) electrons. The van der Waals surface area contributed by atoms with Gasteiger partial charge in [0.2, 0.25) is 5.78 Å². The average Bonchev–Trinajstić information content (AvgIpc) is 2.69. The predicted molar refractivity (Wildman–Crippen MR) is 107 cm³/mol. The number of Topliss-reactive ketones (excluding diaryl/α,β-unsaturated/α-hetero) is 1. The van der Waals surface area contributed by atoms with Gasteiger partial charge in [-0.05, 0) is 62.4 Å². The summed E-state index contributed by atoms with van der Waals surface area (Å²) in [5.74, 6) is -0.203. The zero-order chi connectivity index (χ0) is 23.3. The molecule has 0 aliphatic heterocycles. The van der Waals surface area contributed by atoms with Crippen LogP contribution >= 0.6 is 7.60 Å². The Morgan fingerprint density at radius 1 is 0.903 bits per heavy atom. The van der Waals surface area contributed by atoms with Crippen molar-refractivity contribution in [1.82, 2.24) is 0 Å². The van der Waals surface area contributed by atoms with Gasteiger partial charge in [-0.3, -0.25) is 15.1 Å². The van der Waals surface area contributed by atoms with Gasteiger partial charge >= 0.3 is 19.2 Å². The van der Waals surface area contributed by atoms with Crippen molar-refractivity contribution in [3.05, 3.63) is 54.1 Å². The summed E-state index contributed by atoms with van der Waals surface area (Å²) in [5.41, 5.74) is 2.87. The second kappa shape index (κ2) is 9.82. The van der Waals surface area contributed by atoms with Crippen LogP contribution in [0, 0.1) is 0 Å². The van der Waals surface area contributed by atoms with Crippen LogP contribution in [0.15, 0.2) is 48.5 Å². The molecule has 0 spiro atoms. The van der Waals surface area contributed by atoms with Crippen LogP contribution < -0.4 is 15.2 Å². The number of hydrogen-bond donors (Lipinski definition) is 1. The largest absolute Gasteiger partial charge is 0.457 e. The Kier molecular flexibility index (Phi) is 7.88. The molecule has 0 amide bonds. The van der Waals surface area contributed by atoms with Gasteiger partial charge in [0, 0.05) is 6.92 Å². The SMILES string of the molecule is CCOP(=O)(OCC)C(N)(Oc1ccc(Oc2ccc(C(F)(F)F)cc2)cc1)C(C)=O. The van der Waals surface area contributed by atoms with E-state index in [-0.39, 0.29) is 30.5 Å². The van der Waals surface area contributed by atoms with Crippen LogP contribution in [0.5, 0.6) is 17.2 Å². The molecule has 7 nitrogen and oxygen atoms in total. The van der Waals surface area contributed by atoms with Gasteiger partial charge in [-0.25, -0.2) is 0 Å². The summed E-state index contributed by atoms with van der Waals surface area (Å²) in [6.45, 7) is 4.20. The lowest BCUT2D eigenvalue weighted by Crippen LogP contribution is -2.52. The number of nitrogens with two attached hydrogens (primary N) is 1. The van der Waals surface area contributed by atoms with Crippen LogP contribution in [0.4, 0.5) is 13.2 Å². The van der Waals surface area contributed by atoms with Crippen molar-refractivity contribution in [1.29, 1.82) is 0 Å². The first-order valence-electron chi connectivity index (χ1n) is 9.28. The minimum Gasteiger partial charge on any atom is -0.457 e. The van der Waals surface area contributed by atoms with Crippen molar-refractivity contribution in [3.63, 3.8) is 0 Å². The molecule has 1 atom stereocenters. The molecule has 0 heterocycles. The molecule has 0 aromatic heterocycles. The number of carbonyl (C=O) groups is 1. The molecule has 2 N–H and O–H groups in total. The zero-order valence-electron chi connectivity index (χ0n) is 17.1. The first-order valence-corrected chi connectivity index (χ1v) is 10.8. The molecular formula is C20H23F3NO6P. The second-order valence-electron chi connectivity index (χ2n) is 6.28. The van der Waals surface area contributed by atoms with Gasteiger partial charge in [0.25, 0.3) is 0 Å². The lowest BCUT2D eigenvalue weighted by molar-refractivity contribution is -0.137. The van der Waals surface area contributed by atoms with Crippen molar-refractivity contribution in [3.8, 4) is 17.2 Å². The number of rotatable bonds is 10. The molecule has 170 valence electrons. The molecule has 1 unspecified atom stereocenters. The van der Waals surface area contributed by atoms with E-state index in [0.29, 0.717) is 0 Å². The molecule has 0 bridgehead atoms. The van der Waals surface area contributed by atoms with Crippen molar-refractivity contribution in [2.45, 2.75) is 32.4 Å². The maximum atomic E-state index is 13.1. The van der Waals surface area contributed by atoms with E-state index in [1.54, 1.807) is 13.8 Å². The van der Waals surface area contributed by atoms with Crippen LogP contribution in [0.2, 0.25) is 0 Å². The summed E-state index contributed by atoms with van der Waals surface area (Å²) in [6.07, 6.45) is -4.44. The lowest BCUT2D eigenvalue weighted by atomic mass is 10.2. The number of ketones is 1. The maximum Gasteiger partial charge on any atom is 0.416 e. The fourth-order valence-electron chi connectivity index (χ4n) is 2.49. The van der Waals surface area contributed by atoms with Gasteiger partial charge in [0.15, 0.2) is 0 Å². The number of halogens is 3. The molecule has 0 aliphatic rings. The van der Waals surface area contributed by atoms with E-state index in [1.165, 1.54) is 36.4 Å². The van der Waals surface area contributed by atoms with E-state index in [2.05, 4.69) is 0 Å². The highest BCUT2D eigenvalue weighted by atomic mass is 31.2. The Bertz CT molecular complexity index is 923. The monoisotopic (exact) mass is 461 g/mol. The standard InChI is InChI=1S/C20H23F3NO6P/c1-4-27-31(26,28-5-2)20(24,14(3)25)30-18-12-10-17(11-13-18)29-16-8-6-15(7-9-16)19(21,22)23/h6-13H,4-5,24H2,1-3H3. The number of alkyl halides is 3. The van der Waals surface area contributed by atoms with E-state index in [9.17, 15) is 22.5 Å². The fourth-order valence-corrected chi connectivity index (χ4v) is 4.23. The quantitative estimate of drug-likeness (QED) is 0.377. The number of benzene rings is 2. The molecule has 0 fully saturated rings. The van der Waals surface area contributed by atoms with Gasteiger partial charge in [-0.15, -0.1) is 0 Å². The van der Waals surface area contributed by atoms with Crippen molar-refractivity contribution < 1.29 is 41.1 Å². The average molecular weight is 461 g/mol. The Morgan fingerprint density at radius 2 is 1.32 bits per heavy atom. The normalized spacial score (nSPS) is 14.0. The molecule has 2 aromatic carbocycles. The third kappa shape index (κ3) is 5.86. The van der Waals surface area contributed by atoms with E-state index >= 15 is 0 Å². The Balaban J connectivity index is 2.19. The third-order valence-electron chi connectivity index (χ3n) is 4.02. The lowest BCUT2D eigenvalue weighted by Gasteiger charge is -2.33. The van der Waals surface area contributed by atoms with Gasteiger partial charge in [0.1, 0.15) is 17.2 Å². The van der Waals surface area contributed by atoms with E-state index < -0.39 is 30.6 Å². The smallest absolute Gasteiger partial charge is 0.416 e. The molecular weight excluding hydrogens is 438 g/mol. The minimum atomic E-state index is -4.44. The summed E-state index contributed by atoms with van der Waals surface area (Å²) in [4.78, 5) is 12.2. The summed E-state index contributed by atoms with van der Waals surface area (Å²) in [6, 6.07) is 9.86. The summed E-state index contributed by atoms with van der Waals surface area (Å²) in [7, 11) is -4.17. The van der Waals surface area contributed by atoms with E-state index in [0.717, 1.165) is 19.1 Å². The summed E-state index contributed by atoms with van der Waals surface area (Å²) >= 11 is 0. The number of carbonyl (C=O) groups excluding carboxylic acids is 1.